The van der Waals surface area contributed by atoms with E-state index in [1.165, 1.54) is 0 Å². The van der Waals surface area contributed by atoms with Gasteiger partial charge in [-0.05, 0) is 37.0 Å². The van der Waals surface area contributed by atoms with Crippen LogP contribution in [0.2, 0.25) is 0 Å². The highest BCUT2D eigenvalue weighted by Gasteiger charge is 2.29. The zero-order chi connectivity index (χ0) is 17.9. The lowest BCUT2D eigenvalue weighted by Crippen LogP contribution is -2.30. The van der Waals surface area contributed by atoms with Gasteiger partial charge in [0.15, 0.2) is 0 Å². The molecule has 4 rings (SSSR count). The van der Waals surface area contributed by atoms with Gasteiger partial charge < -0.3 is 4.90 Å². The number of pyridine rings is 1. The molecule has 1 unspecified atom stereocenters. The van der Waals surface area contributed by atoms with Crippen molar-refractivity contribution in [3.05, 3.63) is 72.2 Å². The zero-order valence-corrected chi connectivity index (χ0v) is 14.9. The van der Waals surface area contributed by atoms with Crippen LogP contribution in [0, 0.1) is 5.92 Å². The van der Waals surface area contributed by atoms with Crippen molar-refractivity contribution in [2.75, 3.05) is 13.1 Å². The third-order valence-electron chi connectivity index (χ3n) is 4.97. The molecule has 1 atom stereocenters. The standard InChI is InChI=1S/C21H22N4O/c1-24-20(14-19(23-24)17-7-3-2-4-8-17)21(26)25-12-10-16(15-25)13-18-9-5-6-11-22-18/h2-9,11,14,16H,10,12-13,15H2,1H3. The van der Waals surface area contributed by atoms with Gasteiger partial charge in [0.1, 0.15) is 5.69 Å². The van der Waals surface area contributed by atoms with Crippen molar-refractivity contribution in [1.29, 1.82) is 0 Å². The van der Waals surface area contributed by atoms with Crippen molar-refractivity contribution in [2.45, 2.75) is 12.8 Å². The number of rotatable bonds is 4. The quantitative estimate of drug-likeness (QED) is 0.729. The molecule has 0 saturated carbocycles. The number of nitrogens with zero attached hydrogens (tertiary/aromatic N) is 4. The van der Waals surface area contributed by atoms with Crippen LogP contribution in [0.15, 0.2) is 60.8 Å². The van der Waals surface area contributed by atoms with Crippen molar-refractivity contribution >= 4 is 5.91 Å². The predicted octanol–water partition coefficient (Wildman–Crippen LogP) is 3.19. The van der Waals surface area contributed by atoms with Gasteiger partial charge in [-0.25, -0.2) is 0 Å². The minimum Gasteiger partial charge on any atom is -0.337 e. The summed E-state index contributed by atoms with van der Waals surface area (Å²) in [4.78, 5) is 19.3. The van der Waals surface area contributed by atoms with Crippen LogP contribution in [0.5, 0.6) is 0 Å². The summed E-state index contributed by atoms with van der Waals surface area (Å²) in [7, 11) is 1.83. The number of amides is 1. The van der Waals surface area contributed by atoms with Crippen LogP contribution in [0.4, 0.5) is 0 Å². The van der Waals surface area contributed by atoms with Crippen LogP contribution in [0.3, 0.4) is 0 Å². The second-order valence-corrected chi connectivity index (χ2v) is 6.84. The molecule has 0 bridgehead atoms. The molecule has 1 aromatic carbocycles. The van der Waals surface area contributed by atoms with Gasteiger partial charge in [-0.2, -0.15) is 5.10 Å². The molecule has 5 heteroatoms. The van der Waals surface area contributed by atoms with Gasteiger partial charge in [0, 0.05) is 37.6 Å². The zero-order valence-electron chi connectivity index (χ0n) is 14.9. The molecular formula is C21H22N4O. The van der Waals surface area contributed by atoms with Crippen molar-refractivity contribution in [3.8, 4) is 11.3 Å². The largest absolute Gasteiger partial charge is 0.337 e. The lowest BCUT2D eigenvalue weighted by Gasteiger charge is -2.16. The van der Waals surface area contributed by atoms with E-state index < -0.39 is 0 Å². The molecule has 1 amide bonds. The van der Waals surface area contributed by atoms with Gasteiger partial charge in [0.05, 0.1) is 5.69 Å². The van der Waals surface area contributed by atoms with E-state index in [2.05, 4.69) is 16.1 Å². The van der Waals surface area contributed by atoms with Gasteiger partial charge in [0.2, 0.25) is 0 Å². The van der Waals surface area contributed by atoms with Crippen LogP contribution < -0.4 is 0 Å². The lowest BCUT2D eigenvalue weighted by atomic mass is 10.0. The first-order chi connectivity index (χ1) is 12.7. The number of benzene rings is 1. The summed E-state index contributed by atoms with van der Waals surface area (Å²) >= 11 is 0. The molecule has 1 saturated heterocycles. The fourth-order valence-electron chi connectivity index (χ4n) is 3.58. The summed E-state index contributed by atoms with van der Waals surface area (Å²) in [6.45, 7) is 1.57. The summed E-state index contributed by atoms with van der Waals surface area (Å²) in [5, 5.41) is 4.52. The average molecular weight is 346 g/mol. The van der Waals surface area contributed by atoms with Crippen molar-refractivity contribution < 1.29 is 4.79 Å². The number of likely N-dealkylation sites (tertiary alicyclic amines) is 1. The maximum absolute atomic E-state index is 13.0. The smallest absolute Gasteiger partial charge is 0.272 e. The maximum atomic E-state index is 13.0. The van der Waals surface area contributed by atoms with Crippen LogP contribution in [0.1, 0.15) is 22.6 Å². The predicted molar refractivity (Wildman–Crippen MR) is 101 cm³/mol. The second kappa shape index (κ2) is 7.12. The molecule has 3 aromatic rings. The highest BCUT2D eigenvalue weighted by atomic mass is 16.2. The topological polar surface area (TPSA) is 51.0 Å². The van der Waals surface area contributed by atoms with Gasteiger partial charge in [-0.15, -0.1) is 0 Å². The maximum Gasteiger partial charge on any atom is 0.272 e. The van der Waals surface area contributed by atoms with Gasteiger partial charge in [-0.1, -0.05) is 36.4 Å². The third kappa shape index (κ3) is 3.38. The Morgan fingerprint density at radius 1 is 1.15 bits per heavy atom. The minimum absolute atomic E-state index is 0.0608. The van der Waals surface area contributed by atoms with Crippen LogP contribution >= 0.6 is 0 Å². The van der Waals surface area contributed by atoms with E-state index in [-0.39, 0.29) is 5.91 Å². The molecule has 0 spiro atoms. The highest BCUT2D eigenvalue weighted by molar-refractivity contribution is 5.94. The van der Waals surface area contributed by atoms with Crippen molar-refractivity contribution in [1.82, 2.24) is 19.7 Å². The van der Waals surface area contributed by atoms with Crippen molar-refractivity contribution in [2.24, 2.45) is 13.0 Å². The summed E-state index contributed by atoms with van der Waals surface area (Å²) in [6, 6.07) is 17.8. The number of carbonyl (C=O) groups excluding carboxylic acids is 1. The summed E-state index contributed by atoms with van der Waals surface area (Å²) < 4.78 is 1.69. The van der Waals surface area contributed by atoms with Crippen LogP contribution in [0.25, 0.3) is 11.3 Å². The third-order valence-corrected chi connectivity index (χ3v) is 4.97. The summed E-state index contributed by atoms with van der Waals surface area (Å²) in [5.74, 6) is 0.529. The Labute approximate surface area is 153 Å². The Kier molecular flexibility index (Phi) is 4.52. The first-order valence-corrected chi connectivity index (χ1v) is 8.99. The van der Waals surface area contributed by atoms with E-state index in [0.717, 1.165) is 42.9 Å². The van der Waals surface area contributed by atoms with E-state index in [9.17, 15) is 4.79 Å². The number of aromatic nitrogens is 3. The van der Waals surface area contributed by atoms with Gasteiger partial charge in [0.25, 0.3) is 5.91 Å². The Morgan fingerprint density at radius 3 is 2.73 bits per heavy atom. The molecule has 1 fully saturated rings. The normalized spacial score (nSPS) is 16.8. The fraction of sp³-hybridized carbons (Fsp3) is 0.286. The molecule has 5 nitrogen and oxygen atoms in total. The minimum atomic E-state index is 0.0608. The van der Waals surface area contributed by atoms with E-state index in [4.69, 9.17) is 0 Å². The highest BCUT2D eigenvalue weighted by Crippen LogP contribution is 2.24. The van der Waals surface area contributed by atoms with E-state index in [0.29, 0.717) is 11.6 Å². The number of hydrogen-bond acceptors (Lipinski definition) is 3. The number of hydrogen-bond donors (Lipinski definition) is 0. The first kappa shape index (κ1) is 16.5. The monoisotopic (exact) mass is 346 g/mol. The lowest BCUT2D eigenvalue weighted by molar-refractivity contribution is 0.0776. The molecule has 0 radical (unpaired) electrons. The summed E-state index contributed by atoms with van der Waals surface area (Å²) in [5.41, 5.74) is 3.60. The molecule has 1 aliphatic heterocycles. The van der Waals surface area contributed by atoms with E-state index in [1.807, 2.05) is 66.7 Å². The SMILES string of the molecule is Cn1nc(-c2ccccc2)cc1C(=O)N1CCC(Cc2ccccn2)C1. The number of carbonyl (C=O) groups is 1. The fourth-order valence-corrected chi connectivity index (χ4v) is 3.58. The average Bonchev–Trinajstić information content (AvgIpc) is 3.30. The molecule has 26 heavy (non-hydrogen) atoms. The Hall–Kier alpha value is -2.95. The molecule has 2 aromatic heterocycles. The van der Waals surface area contributed by atoms with Gasteiger partial charge in [-0.3, -0.25) is 14.5 Å². The Bertz CT molecular complexity index is 889. The van der Waals surface area contributed by atoms with Crippen LogP contribution in [-0.2, 0) is 13.5 Å². The molecular weight excluding hydrogens is 324 g/mol. The van der Waals surface area contributed by atoms with Crippen molar-refractivity contribution in [3.63, 3.8) is 0 Å². The first-order valence-electron chi connectivity index (χ1n) is 8.99. The molecule has 132 valence electrons. The summed E-state index contributed by atoms with van der Waals surface area (Å²) in [6.07, 6.45) is 3.77. The van der Waals surface area contributed by atoms with Crippen LogP contribution in [-0.4, -0.2) is 38.7 Å². The van der Waals surface area contributed by atoms with E-state index >= 15 is 0 Å². The molecule has 0 aliphatic carbocycles. The Balaban J connectivity index is 1.46. The number of aryl methyl sites for hydroxylation is 1. The molecule has 3 heterocycles. The second-order valence-electron chi connectivity index (χ2n) is 6.84. The van der Waals surface area contributed by atoms with E-state index in [1.54, 1.807) is 4.68 Å². The Morgan fingerprint density at radius 2 is 1.96 bits per heavy atom. The van der Waals surface area contributed by atoms with Gasteiger partial charge >= 0.3 is 0 Å². The molecule has 0 N–H and O–H groups in total. The molecule has 1 aliphatic rings.